The first-order chi connectivity index (χ1) is 11.6. The van der Waals surface area contributed by atoms with Crippen molar-refractivity contribution in [3.8, 4) is 10.6 Å². The summed E-state index contributed by atoms with van der Waals surface area (Å²) in [6.07, 6.45) is 0.695. The molecule has 24 heavy (non-hydrogen) atoms. The summed E-state index contributed by atoms with van der Waals surface area (Å²) < 4.78 is 0. The van der Waals surface area contributed by atoms with Gasteiger partial charge >= 0.3 is 0 Å². The predicted octanol–water partition coefficient (Wildman–Crippen LogP) is 3.98. The molecule has 1 aromatic carbocycles. The number of amides is 1. The molecule has 0 unspecified atom stereocenters. The normalized spacial score (nSPS) is 13.1. The number of nitro groups is 1. The van der Waals surface area contributed by atoms with E-state index >= 15 is 0 Å². The summed E-state index contributed by atoms with van der Waals surface area (Å²) in [5.41, 5.74) is 2.93. The third-order valence-corrected chi connectivity index (χ3v) is 5.49. The zero-order chi connectivity index (χ0) is 16.7. The molecule has 0 aliphatic carbocycles. The van der Waals surface area contributed by atoms with E-state index in [9.17, 15) is 14.9 Å². The van der Waals surface area contributed by atoms with Gasteiger partial charge < -0.3 is 4.90 Å². The Morgan fingerprint density at radius 1 is 1.29 bits per heavy atom. The number of hydrogen-bond acceptors (Lipinski definition) is 6. The molecule has 0 fully saturated rings. The standard InChI is InChI=1S/C16H11N3O3S2/c20-16(13-9-24-15(17-13)11-4-6-23-8-11)18-5-3-10-1-2-12(19(21)22)7-14(10)18/h1-2,4,6-9H,3,5H2. The van der Waals surface area contributed by atoms with E-state index in [-0.39, 0.29) is 11.6 Å². The topological polar surface area (TPSA) is 76.3 Å². The van der Waals surface area contributed by atoms with Gasteiger partial charge in [0.05, 0.1) is 10.6 Å². The van der Waals surface area contributed by atoms with Gasteiger partial charge in [0, 0.05) is 35.0 Å². The van der Waals surface area contributed by atoms with Crippen LogP contribution >= 0.6 is 22.7 Å². The number of thiazole rings is 1. The molecule has 1 aliphatic heterocycles. The van der Waals surface area contributed by atoms with Gasteiger partial charge in [-0.15, -0.1) is 11.3 Å². The van der Waals surface area contributed by atoms with Crippen molar-refractivity contribution in [3.05, 3.63) is 61.8 Å². The third kappa shape index (κ3) is 2.49. The minimum Gasteiger partial charge on any atom is -0.306 e. The number of carbonyl (C=O) groups excluding carboxylic acids is 1. The van der Waals surface area contributed by atoms with Crippen molar-refractivity contribution in [1.82, 2.24) is 4.98 Å². The van der Waals surface area contributed by atoms with Crippen LogP contribution in [0.1, 0.15) is 16.1 Å². The Kier molecular flexibility index (Phi) is 3.62. The van der Waals surface area contributed by atoms with E-state index in [2.05, 4.69) is 4.98 Å². The number of thiophene rings is 1. The molecule has 0 saturated carbocycles. The van der Waals surface area contributed by atoms with Crippen LogP contribution in [0.25, 0.3) is 10.6 Å². The first kappa shape index (κ1) is 15.0. The van der Waals surface area contributed by atoms with Gasteiger partial charge in [-0.25, -0.2) is 4.98 Å². The summed E-state index contributed by atoms with van der Waals surface area (Å²) in [5, 5.41) is 17.5. The fourth-order valence-electron chi connectivity index (χ4n) is 2.72. The Bertz CT molecular complexity index is 934. The average molecular weight is 357 g/mol. The number of benzene rings is 1. The summed E-state index contributed by atoms with van der Waals surface area (Å²) in [4.78, 5) is 29.3. The van der Waals surface area contributed by atoms with E-state index in [1.165, 1.54) is 23.5 Å². The highest BCUT2D eigenvalue weighted by molar-refractivity contribution is 7.14. The molecule has 0 bridgehead atoms. The molecule has 120 valence electrons. The number of carbonyl (C=O) groups is 1. The van der Waals surface area contributed by atoms with Crippen LogP contribution in [0.5, 0.6) is 0 Å². The van der Waals surface area contributed by atoms with Crippen LogP contribution < -0.4 is 4.90 Å². The average Bonchev–Trinajstić information content (AvgIpc) is 3.31. The molecular formula is C16H11N3O3S2. The van der Waals surface area contributed by atoms with Gasteiger partial charge in [0.25, 0.3) is 11.6 Å². The minimum atomic E-state index is -0.446. The number of rotatable bonds is 3. The molecule has 1 amide bonds. The van der Waals surface area contributed by atoms with Crippen molar-refractivity contribution >= 4 is 40.0 Å². The highest BCUT2D eigenvalue weighted by Crippen LogP contribution is 2.33. The van der Waals surface area contributed by atoms with E-state index in [0.717, 1.165) is 16.1 Å². The molecule has 2 aromatic heterocycles. The highest BCUT2D eigenvalue weighted by Gasteiger charge is 2.28. The van der Waals surface area contributed by atoms with Crippen LogP contribution in [0.3, 0.4) is 0 Å². The van der Waals surface area contributed by atoms with Crippen LogP contribution in [0.2, 0.25) is 0 Å². The molecule has 1 aliphatic rings. The molecule has 8 heteroatoms. The molecule has 6 nitrogen and oxygen atoms in total. The maximum atomic E-state index is 12.8. The Balaban J connectivity index is 1.65. The number of hydrogen-bond donors (Lipinski definition) is 0. The van der Waals surface area contributed by atoms with E-state index in [1.54, 1.807) is 27.7 Å². The zero-order valence-electron chi connectivity index (χ0n) is 12.3. The van der Waals surface area contributed by atoms with Gasteiger partial charge in [0.15, 0.2) is 0 Å². The van der Waals surface area contributed by atoms with E-state index in [1.807, 2.05) is 16.8 Å². The summed E-state index contributed by atoms with van der Waals surface area (Å²) in [6.45, 7) is 0.515. The second-order valence-electron chi connectivity index (χ2n) is 5.33. The number of fused-ring (bicyclic) bond motifs is 1. The number of aromatic nitrogens is 1. The van der Waals surface area contributed by atoms with Crippen LogP contribution in [-0.4, -0.2) is 22.4 Å². The number of nitrogens with zero attached hydrogens (tertiary/aromatic N) is 3. The molecule has 0 saturated heterocycles. The number of nitro benzene ring substituents is 1. The lowest BCUT2D eigenvalue weighted by Gasteiger charge is -2.15. The molecule has 4 rings (SSSR count). The second kappa shape index (κ2) is 5.81. The van der Waals surface area contributed by atoms with E-state index in [0.29, 0.717) is 24.3 Å². The Morgan fingerprint density at radius 3 is 2.92 bits per heavy atom. The second-order valence-corrected chi connectivity index (χ2v) is 6.96. The Hall–Kier alpha value is -2.58. The molecule has 0 N–H and O–H groups in total. The fourth-order valence-corrected chi connectivity index (χ4v) is 4.23. The lowest BCUT2D eigenvalue weighted by atomic mass is 10.1. The highest BCUT2D eigenvalue weighted by atomic mass is 32.1. The monoisotopic (exact) mass is 357 g/mol. The molecular weight excluding hydrogens is 346 g/mol. The molecule has 0 radical (unpaired) electrons. The van der Waals surface area contributed by atoms with Crippen LogP contribution in [0.4, 0.5) is 11.4 Å². The minimum absolute atomic E-state index is 0.00862. The third-order valence-electron chi connectivity index (χ3n) is 3.91. The quantitative estimate of drug-likeness (QED) is 0.525. The van der Waals surface area contributed by atoms with Crippen molar-refractivity contribution in [2.24, 2.45) is 0 Å². The van der Waals surface area contributed by atoms with Crippen molar-refractivity contribution < 1.29 is 9.72 Å². The summed E-state index contributed by atoms with van der Waals surface area (Å²) in [6, 6.07) is 6.63. The largest absolute Gasteiger partial charge is 0.306 e. The lowest BCUT2D eigenvalue weighted by Crippen LogP contribution is -2.29. The number of non-ortho nitro benzene ring substituents is 1. The van der Waals surface area contributed by atoms with Crippen molar-refractivity contribution in [1.29, 1.82) is 0 Å². The first-order valence-corrected chi connectivity index (χ1v) is 9.03. The smallest absolute Gasteiger partial charge is 0.277 e. The van der Waals surface area contributed by atoms with E-state index < -0.39 is 4.92 Å². The number of anilines is 1. The predicted molar refractivity (Wildman–Crippen MR) is 93.9 cm³/mol. The van der Waals surface area contributed by atoms with Gasteiger partial charge in [0.2, 0.25) is 0 Å². The lowest BCUT2D eigenvalue weighted by molar-refractivity contribution is -0.384. The van der Waals surface area contributed by atoms with Gasteiger partial charge in [-0.1, -0.05) is 6.07 Å². The molecule has 0 spiro atoms. The maximum absolute atomic E-state index is 12.8. The fraction of sp³-hybridized carbons (Fsp3) is 0.125. The zero-order valence-corrected chi connectivity index (χ0v) is 14.0. The summed E-state index contributed by atoms with van der Waals surface area (Å²) in [7, 11) is 0. The summed E-state index contributed by atoms with van der Waals surface area (Å²) in [5.74, 6) is -0.216. The van der Waals surface area contributed by atoms with Gasteiger partial charge in [-0.05, 0) is 23.4 Å². The van der Waals surface area contributed by atoms with Crippen molar-refractivity contribution in [2.75, 3.05) is 11.4 Å². The van der Waals surface area contributed by atoms with Crippen LogP contribution in [0, 0.1) is 10.1 Å². The van der Waals surface area contributed by atoms with Crippen LogP contribution in [-0.2, 0) is 6.42 Å². The van der Waals surface area contributed by atoms with Crippen molar-refractivity contribution in [2.45, 2.75) is 6.42 Å². The first-order valence-electron chi connectivity index (χ1n) is 7.21. The molecule has 3 aromatic rings. The Labute approximate surface area is 145 Å². The molecule has 3 heterocycles. The molecule has 0 atom stereocenters. The van der Waals surface area contributed by atoms with Gasteiger partial charge in [0.1, 0.15) is 10.7 Å². The van der Waals surface area contributed by atoms with Crippen molar-refractivity contribution in [3.63, 3.8) is 0 Å². The van der Waals surface area contributed by atoms with Gasteiger partial charge in [-0.2, -0.15) is 11.3 Å². The summed E-state index contributed by atoms with van der Waals surface area (Å²) >= 11 is 3.00. The van der Waals surface area contributed by atoms with E-state index in [4.69, 9.17) is 0 Å². The van der Waals surface area contributed by atoms with Gasteiger partial charge in [-0.3, -0.25) is 14.9 Å². The maximum Gasteiger partial charge on any atom is 0.277 e. The Morgan fingerprint density at radius 2 is 2.17 bits per heavy atom. The van der Waals surface area contributed by atoms with Crippen LogP contribution in [0.15, 0.2) is 40.4 Å². The SMILES string of the molecule is O=C(c1csc(-c2ccsc2)n1)N1CCc2ccc([N+](=O)[O-])cc21.